The Bertz CT molecular complexity index is 331. The number of hydrogen-bond donors (Lipinski definition) is 1. The van der Waals surface area contributed by atoms with Crippen LogP contribution in [0, 0.1) is 0 Å². The molecule has 1 aliphatic heterocycles. The molecule has 3 heteroatoms. The van der Waals surface area contributed by atoms with E-state index >= 15 is 0 Å². The van der Waals surface area contributed by atoms with E-state index in [4.69, 9.17) is 0 Å². The quantitative estimate of drug-likeness (QED) is 0.790. The van der Waals surface area contributed by atoms with E-state index in [9.17, 15) is 0 Å². The standard InChI is InChI=1S/C12H17N3/c1-3-11-4-5-12(14-8-11)15-7-6-13-10(2)9-15/h3-5,8,10,13H,1,6-7,9H2,2H3. The maximum atomic E-state index is 4.43. The molecule has 2 rings (SSSR count). The van der Waals surface area contributed by atoms with Crippen molar-refractivity contribution in [2.24, 2.45) is 0 Å². The lowest BCUT2D eigenvalue weighted by atomic mass is 10.2. The average molecular weight is 203 g/mol. The third-order valence-corrected chi connectivity index (χ3v) is 2.70. The predicted molar refractivity (Wildman–Crippen MR) is 64.0 cm³/mol. The van der Waals surface area contributed by atoms with Crippen molar-refractivity contribution in [1.82, 2.24) is 10.3 Å². The van der Waals surface area contributed by atoms with Crippen LogP contribution in [0.2, 0.25) is 0 Å². The van der Waals surface area contributed by atoms with Gasteiger partial charge in [0.15, 0.2) is 0 Å². The lowest BCUT2D eigenvalue weighted by Gasteiger charge is -2.32. The predicted octanol–water partition coefficient (Wildman–Crippen LogP) is 1.52. The minimum absolute atomic E-state index is 0.541. The number of hydrogen-bond acceptors (Lipinski definition) is 3. The molecule has 1 N–H and O–H groups in total. The van der Waals surface area contributed by atoms with Gasteiger partial charge < -0.3 is 10.2 Å². The van der Waals surface area contributed by atoms with E-state index in [1.54, 1.807) is 0 Å². The Kier molecular flexibility index (Phi) is 3.02. The summed E-state index contributed by atoms with van der Waals surface area (Å²) in [5.74, 6) is 1.06. The molecule has 3 nitrogen and oxygen atoms in total. The van der Waals surface area contributed by atoms with E-state index in [1.807, 2.05) is 12.3 Å². The van der Waals surface area contributed by atoms with Crippen LogP contribution in [-0.2, 0) is 0 Å². The molecule has 0 bridgehead atoms. The first-order valence-corrected chi connectivity index (χ1v) is 5.36. The van der Waals surface area contributed by atoms with Gasteiger partial charge in [-0.1, -0.05) is 12.7 Å². The van der Waals surface area contributed by atoms with E-state index in [1.165, 1.54) is 0 Å². The minimum Gasteiger partial charge on any atom is -0.354 e. The molecule has 1 unspecified atom stereocenters. The maximum absolute atomic E-state index is 4.43. The van der Waals surface area contributed by atoms with E-state index in [2.05, 4.69) is 40.8 Å². The van der Waals surface area contributed by atoms with Crippen LogP contribution >= 0.6 is 0 Å². The number of anilines is 1. The summed E-state index contributed by atoms with van der Waals surface area (Å²) in [4.78, 5) is 6.75. The average Bonchev–Trinajstić information content (AvgIpc) is 2.29. The largest absolute Gasteiger partial charge is 0.354 e. The number of pyridine rings is 1. The molecule has 0 spiro atoms. The summed E-state index contributed by atoms with van der Waals surface area (Å²) >= 11 is 0. The van der Waals surface area contributed by atoms with Gasteiger partial charge in [0.05, 0.1) is 0 Å². The molecule has 2 heterocycles. The molecule has 80 valence electrons. The first-order valence-electron chi connectivity index (χ1n) is 5.36. The Hall–Kier alpha value is -1.35. The molecular weight excluding hydrogens is 186 g/mol. The summed E-state index contributed by atoms with van der Waals surface area (Å²) in [5, 5.41) is 3.42. The Labute approximate surface area is 90.8 Å². The summed E-state index contributed by atoms with van der Waals surface area (Å²) < 4.78 is 0. The molecule has 0 aliphatic carbocycles. The number of nitrogens with one attached hydrogen (secondary N) is 1. The Morgan fingerprint density at radius 2 is 2.47 bits per heavy atom. The van der Waals surface area contributed by atoms with Gasteiger partial charge in [0.1, 0.15) is 5.82 Å². The molecule has 1 fully saturated rings. The fourth-order valence-electron chi connectivity index (χ4n) is 1.85. The highest BCUT2D eigenvalue weighted by Crippen LogP contribution is 2.13. The van der Waals surface area contributed by atoms with Crippen LogP contribution in [0.15, 0.2) is 24.9 Å². The monoisotopic (exact) mass is 203 g/mol. The number of piperazine rings is 1. The van der Waals surface area contributed by atoms with Crippen molar-refractivity contribution >= 4 is 11.9 Å². The van der Waals surface area contributed by atoms with Crippen LogP contribution in [0.25, 0.3) is 6.08 Å². The van der Waals surface area contributed by atoms with Crippen molar-refractivity contribution in [2.75, 3.05) is 24.5 Å². The second-order valence-corrected chi connectivity index (χ2v) is 3.96. The van der Waals surface area contributed by atoms with Crippen molar-refractivity contribution in [2.45, 2.75) is 13.0 Å². The van der Waals surface area contributed by atoms with Crippen LogP contribution in [-0.4, -0.2) is 30.7 Å². The van der Waals surface area contributed by atoms with E-state index in [0.29, 0.717) is 6.04 Å². The van der Waals surface area contributed by atoms with E-state index in [0.717, 1.165) is 31.0 Å². The lowest BCUT2D eigenvalue weighted by Crippen LogP contribution is -2.49. The molecule has 0 amide bonds. The smallest absolute Gasteiger partial charge is 0.128 e. The zero-order valence-electron chi connectivity index (χ0n) is 9.11. The third-order valence-electron chi connectivity index (χ3n) is 2.70. The van der Waals surface area contributed by atoms with Crippen molar-refractivity contribution in [1.29, 1.82) is 0 Å². The highest BCUT2D eigenvalue weighted by molar-refractivity contribution is 5.49. The van der Waals surface area contributed by atoms with E-state index in [-0.39, 0.29) is 0 Å². The Morgan fingerprint density at radius 3 is 3.07 bits per heavy atom. The highest BCUT2D eigenvalue weighted by atomic mass is 15.2. The number of aromatic nitrogens is 1. The molecule has 1 aromatic heterocycles. The lowest BCUT2D eigenvalue weighted by molar-refractivity contribution is 0.482. The van der Waals surface area contributed by atoms with Gasteiger partial charge in [0.25, 0.3) is 0 Å². The Morgan fingerprint density at radius 1 is 1.60 bits per heavy atom. The Balaban J connectivity index is 2.11. The second-order valence-electron chi connectivity index (χ2n) is 3.96. The normalized spacial score (nSPS) is 21.4. The maximum Gasteiger partial charge on any atom is 0.128 e. The first-order chi connectivity index (χ1) is 7.29. The summed E-state index contributed by atoms with van der Waals surface area (Å²) in [7, 11) is 0. The van der Waals surface area contributed by atoms with E-state index < -0.39 is 0 Å². The molecular formula is C12H17N3. The minimum atomic E-state index is 0.541. The van der Waals surface area contributed by atoms with Crippen LogP contribution in [0.3, 0.4) is 0 Å². The van der Waals surface area contributed by atoms with Gasteiger partial charge in [-0.3, -0.25) is 0 Å². The summed E-state index contributed by atoms with van der Waals surface area (Å²) in [6, 6.07) is 4.66. The van der Waals surface area contributed by atoms with Gasteiger partial charge in [0.2, 0.25) is 0 Å². The highest BCUT2D eigenvalue weighted by Gasteiger charge is 2.16. The number of rotatable bonds is 2. The molecule has 0 radical (unpaired) electrons. The zero-order chi connectivity index (χ0) is 10.7. The molecule has 15 heavy (non-hydrogen) atoms. The second kappa shape index (κ2) is 4.45. The topological polar surface area (TPSA) is 28.2 Å². The number of nitrogens with zero attached hydrogens (tertiary/aromatic N) is 2. The van der Waals surface area contributed by atoms with Crippen LogP contribution in [0.1, 0.15) is 12.5 Å². The van der Waals surface area contributed by atoms with Crippen LogP contribution in [0.5, 0.6) is 0 Å². The fourth-order valence-corrected chi connectivity index (χ4v) is 1.85. The summed E-state index contributed by atoms with van der Waals surface area (Å²) in [6.45, 7) is 9.01. The van der Waals surface area contributed by atoms with Crippen molar-refractivity contribution in [3.8, 4) is 0 Å². The molecule has 1 atom stereocenters. The molecule has 1 saturated heterocycles. The first kappa shape index (κ1) is 10.2. The molecule has 0 saturated carbocycles. The SMILES string of the molecule is C=Cc1ccc(N2CCNC(C)C2)nc1. The van der Waals surface area contributed by atoms with Crippen molar-refractivity contribution in [3.05, 3.63) is 30.5 Å². The molecule has 1 aliphatic rings. The third kappa shape index (κ3) is 2.36. The summed E-state index contributed by atoms with van der Waals surface area (Å²) in [5.41, 5.74) is 1.07. The fraction of sp³-hybridized carbons (Fsp3) is 0.417. The van der Waals surface area contributed by atoms with Gasteiger partial charge >= 0.3 is 0 Å². The van der Waals surface area contributed by atoms with Crippen molar-refractivity contribution < 1.29 is 0 Å². The van der Waals surface area contributed by atoms with Gasteiger partial charge in [-0.2, -0.15) is 0 Å². The van der Waals surface area contributed by atoms with Gasteiger partial charge in [-0.15, -0.1) is 0 Å². The van der Waals surface area contributed by atoms with Crippen molar-refractivity contribution in [3.63, 3.8) is 0 Å². The molecule has 1 aromatic rings. The van der Waals surface area contributed by atoms with Crippen LogP contribution < -0.4 is 10.2 Å². The van der Waals surface area contributed by atoms with Crippen LogP contribution in [0.4, 0.5) is 5.82 Å². The summed E-state index contributed by atoms with van der Waals surface area (Å²) in [6.07, 6.45) is 3.69. The van der Waals surface area contributed by atoms with Gasteiger partial charge in [0, 0.05) is 31.9 Å². The van der Waals surface area contributed by atoms with Gasteiger partial charge in [-0.25, -0.2) is 4.98 Å². The van der Waals surface area contributed by atoms with Gasteiger partial charge in [-0.05, 0) is 24.6 Å². The zero-order valence-corrected chi connectivity index (χ0v) is 9.11. The molecule has 0 aromatic carbocycles.